The lowest BCUT2D eigenvalue weighted by molar-refractivity contribution is -0.120. The van der Waals surface area contributed by atoms with Gasteiger partial charge in [0.25, 0.3) is 0 Å². The number of benzene rings is 1. The van der Waals surface area contributed by atoms with Gasteiger partial charge in [-0.25, -0.2) is 4.39 Å². The molecule has 0 aromatic heterocycles. The number of hydrogen-bond donors (Lipinski definition) is 1. The summed E-state index contributed by atoms with van der Waals surface area (Å²) in [5.74, 6) is 0.113. The Morgan fingerprint density at radius 2 is 2.06 bits per heavy atom. The van der Waals surface area contributed by atoms with Crippen molar-refractivity contribution in [2.75, 3.05) is 0 Å². The Hall–Kier alpha value is -0.930. The number of carbonyl (C=O) groups excluding carboxylic acids is 1. The van der Waals surface area contributed by atoms with Gasteiger partial charge in [-0.05, 0) is 43.0 Å². The van der Waals surface area contributed by atoms with Crippen LogP contribution in [0.1, 0.15) is 36.8 Å². The van der Waals surface area contributed by atoms with E-state index in [1.807, 2.05) is 0 Å². The first kappa shape index (κ1) is 13.5. The summed E-state index contributed by atoms with van der Waals surface area (Å²) < 4.78 is 13.4. The monoisotopic (exact) mass is 269 g/mol. The highest BCUT2D eigenvalue weighted by Gasteiger charge is 2.18. The summed E-state index contributed by atoms with van der Waals surface area (Å²) in [7, 11) is 0. The Kier molecular flexibility index (Phi) is 4.36. The third-order valence-electron chi connectivity index (χ3n) is 3.45. The molecule has 1 aromatic rings. The van der Waals surface area contributed by atoms with E-state index in [1.165, 1.54) is 6.07 Å². The van der Waals surface area contributed by atoms with Gasteiger partial charge in [0.15, 0.2) is 0 Å². The molecule has 0 atom stereocenters. The van der Waals surface area contributed by atoms with Crippen LogP contribution in [0.4, 0.5) is 4.39 Å². The van der Waals surface area contributed by atoms with E-state index in [4.69, 9.17) is 11.6 Å². The Labute approximate surface area is 112 Å². The van der Waals surface area contributed by atoms with Crippen LogP contribution in [-0.2, 0) is 11.3 Å². The predicted molar refractivity (Wildman–Crippen MR) is 70.2 cm³/mol. The lowest BCUT2D eigenvalue weighted by atomic mass is 9.94. The number of halogens is 2. The molecule has 18 heavy (non-hydrogen) atoms. The predicted octanol–water partition coefficient (Wildman–Crippen LogP) is 3.39. The first-order chi connectivity index (χ1) is 8.56. The number of ketones is 1. The summed E-state index contributed by atoms with van der Waals surface area (Å²) >= 11 is 6.08. The molecule has 1 aliphatic carbocycles. The van der Waals surface area contributed by atoms with Crippen LogP contribution in [0, 0.1) is 12.7 Å². The summed E-state index contributed by atoms with van der Waals surface area (Å²) in [6, 6.07) is 3.47. The van der Waals surface area contributed by atoms with Crippen LogP contribution >= 0.6 is 11.6 Å². The minimum atomic E-state index is -0.227. The smallest absolute Gasteiger partial charge is 0.133 e. The molecule has 0 aliphatic heterocycles. The summed E-state index contributed by atoms with van der Waals surface area (Å²) in [5, 5.41) is 3.93. The van der Waals surface area contributed by atoms with Crippen LogP contribution in [-0.4, -0.2) is 11.8 Å². The second kappa shape index (κ2) is 5.81. The number of carbonyl (C=O) groups is 1. The zero-order valence-electron chi connectivity index (χ0n) is 10.4. The first-order valence-electron chi connectivity index (χ1n) is 6.26. The Morgan fingerprint density at radius 3 is 2.72 bits per heavy atom. The third kappa shape index (κ3) is 3.30. The van der Waals surface area contributed by atoms with Crippen molar-refractivity contribution in [3.8, 4) is 0 Å². The van der Waals surface area contributed by atoms with E-state index in [0.29, 0.717) is 41.8 Å². The number of Topliss-reactive ketones (excluding diaryl/α,β-unsaturated/α-hetero) is 1. The molecule has 0 saturated heterocycles. The molecule has 4 heteroatoms. The van der Waals surface area contributed by atoms with Gasteiger partial charge in [-0.15, -0.1) is 0 Å². The minimum absolute atomic E-state index is 0.227. The fourth-order valence-electron chi connectivity index (χ4n) is 2.22. The molecular formula is C14H17ClFNO. The average Bonchev–Trinajstić information content (AvgIpc) is 2.34. The molecule has 1 fully saturated rings. The largest absolute Gasteiger partial charge is 0.310 e. The van der Waals surface area contributed by atoms with Crippen LogP contribution in [0.2, 0.25) is 5.02 Å². The van der Waals surface area contributed by atoms with E-state index in [1.54, 1.807) is 13.0 Å². The van der Waals surface area contributed by atoms with E-state index in [-0.39, 0.29) is 5.82 Å². The molecule has 2 rings (SSSR count). The Balaban J connectivity index is 1.94. The van der Waals surface area contributed by atoms with E-state index in [9.17, 15) is 9.18 Å². The van der Waals surface area contributed by atoms with Crippen molar-refractivity contribution >= 4 is 17.4 Å². The van der Waals surface area contributed by atoms with Crippen LogP contribution in [0.3, 0.4) is 0 Å². The van der Waals surface area contributed by atoms with Crippen LogP contribution in [0.25, 0.3) is 0 Å². The fourth-order valence-corrected chi connectivity index (χ4v) is 2.51. The maximum Gasteiger partial charge on any atom is 0.133 e. The number of aryl methyl sites for hydroxylation is 1. The molecule has 0 heterocycles. The molecule has 0 spiro atoms. The van der Waals surface area contributed by atoms with Gasteiger partial charge in [-0.3, -0.25) is 4.79 Å². The molecule has 1 aromatic carbocycles. The highest BCUT2D eigenvalue weighted by atomic mass is 35.5. The highest BCUT2D eigenvalue weighted by Crippen LogP contribution is 2.21. The molecular weight excluding hydrogens is 253 g/mol. The molecule has 0 unspecified atom stereocenters. The van der Waals surface area contributed by atoms with Crippen molar-refractivity contribution in [1.29, 1.82) is 0 Å². The summed E-state index contributed by atoms with van der Waals surface area (Å²) in [4.78, 5) is 11.1. The Morgan fingerprint density at radius 1 is 1.39 bits per heavy atom. The molecule has 0 radical (unpaired) electrons. The lowest BCUT2D eigenvalue weighted by Crippen LogP contribution is -2.32. The SMILES string of the molecule is Cc1cc(Cl)c(CNC2CCC(=O)CC2)cc1F. The molecule has 1 aliphatic rings. The number of hydrogen-bond acceptors (Lipinski definition) is 2. The number of nitrogens with one attached hydrogen (secondary N) is 1. The van der Waals surface area contributed by atoms with Gasteiger partial charge < -0.3 is 5.32 Å². The molecule has 98 valence electrons. The van der Waals surface area contributed by atoms with E-state index < -0.39 is 0 Å². The van der Waals surface area contributed by atoms with Crippen molar-refractivity contribution in [2.24, 2.45) is 0 Å². The van der Waals surface area contributed by atoms with Gasteiger partial charge in [-0.1, -0.05) is 11.6 Å². The first-order valence-corrected chi connectivity index (χ1v) is 6.63. The van der Waals surface area contributed by atoms with Gasteiger partial charge in [0.1, 0.15) is 11.6 Å². The summed E-state index contributed by atoms with van der Waals surface area (Å²) in [5.41, 5.74) is 1.34. The zero-order valence-corrected chi connectivity index (χ0v) is 11.2. The molecule has 0 bridgehead atoms. The molecule has 1 N–H and O–H groups in total. The topological polar surface area (TPSA) is 29.1 Å². The van der Waals surface area contributed by atoms with Crippen LogP contribution < -0.4 is 5.32 Å². The van der Waals surface area contributed by atoms with E-state index in [0.717, 1.165) is 18.4 Å². The van der Waals surface area contributed by atoms with E-state index in [2.05, 4.69) is 5.32 Å². The normalized spacial score (nSPS) is 17.2. The summed E-state index contributed by atoms with van der Waals surface area (Å²) in [6.45, 7) is 2.25. The van der Waals surface area contributed by atoms with Crippen molar-refractivity contribution < 1.29 is 9.18 Å². The van der Waals surface area contributed by atoms with Gasteiger partial charge in [0, 0.05) is 30.5 Å². The maximum absolute atomic E-state index is 13.4. The van der Waals surface area contributed by atoms with Crippen molar-refractivity contribution in [3.05, 3.63) is 34.1 Å². The third-order valence-corrected chi connectivity index (χ3v) is 3.80. The van der Waals surface area contributed by atoms with Crippen LogP contribution in [0.15, 0.2) is 12.1 Å². The standard InChI is InChI=1S/C14H17ClFNO/c1-9-6-13(15)10(7-14(9)16)8-17-11-2-4-12(18)5-3-11/h6-7,11,17H,2-5,8H2,1H3. The minimum Gasteiger partial charge on any atom is -0.310 e. The average molecular weight is 270 g/mol. The quantitative estimate of drug-likeness (QED) is 0.911. The van der Waals surface area contributed by atoms with Gasteiger partial charge in [0.05, 0.1) is 0 Å². The lowest BCUT2D eigenvalue weighted by Gasteiger charge is -2.22. The number of rotatable bonds is 3. The fraction of sp³-hybridized carbons (Fsp3) is 0.500. The van der Waals surface area contributed by atoms with Crippen molar-refractivity contribution in [2.45, 2.75) is 45.2 Å². The van der Waals surface area contributed by atoms with Crippen LogP contribution in [0.5, 0.6) is 0 Å². The van der Waals surface area contributed by atoms with Gasteiger partial charge in [-0.2, -0.15) is 0 Å². The maximum atomic E-state index is 13.4. The zero-order chi connectivity index (χ0) is 13.1. The summed E-state index contributed by atoms with van der Waals surface area (Å²) in [6.07, 6.45) is 3.02. The second-order valence-corrected chi connectivity index (χ2v) is 5.29. The molecule has 1 saturated carbocycles. The van der Waals surface area contributed by atoms with Crippen molar-refractivity contribution in [1.82, 2.24) is 5.32 Å². The molecule has 2 nitrogen and oxygen atoms in total. The van der Waals surface area contributed by atoms with Gasteiger partial charge >= 0.3 is 0 Å². The van der Waals surface area contributed by atoms with E-state index >= 15 is 0 Å². The Bertz CT molecular complexity index is 451. The molecule has 0 amide bonds. The van der Waals surface area contributed by atoms with Gasteiger partial charge in [0.2, 0.25) is 0 Å². The van der Waals surface area contributed by atoms with Crippen molar-refractivity contribution in [3.63, 3.8) is 0 Å². The highest BCUT2D eigenvalue weighted by molar-refractivity contribution is 6.31. The second-order valence-electron chi connectivity index (χ2n) is 4.89.